The van der Waals surface area contributed by atoms with Crippen LogP contribution in [0.2, 0.25) is 0 Å². The minimum Gasteiger partial charge on any atom is -0.493 e. The van der Waals surface area contributed by atoms with Crippen LogP contribution in [0, 0.1) is 11.6 Å². The van der Waals surface area contributed by atoms with Crippen molar-refractivity contribution in [2.45, 2.75) is 19.4 Å². The average Bonchev–Trinajstić information content (AvgIpc) is 3.03. The van der Waals surface area contributed by atoms with E-state index in [1.54, 1.807) is 19.2 Å². The molecule has 176 valence electrons. The summed E-state index contributed by atoms with van der Waals surface area (Å²) in [5.74, 6) is -0.106. The molecule has 2 amide bonds. The smallest absolute Gasteiger partial charge is 0.344 e. The lowest BCUT2D eigenvalue weighted by molar-refractivity contribution is 0.190. The van der Waals surface area contributed by atoms with Crippen LogP contribution in [0.1, 0.15) is 18.1 Å². The first-order chi connectivity index (χ1) is 16.3. The second-order valence-corrected chi connectivity index (χ2v) is 8.02. The Labute approximate surface area is 197 Å². The van der Waals surface area contributed by atoms with E-state index in [1.807, 2.05) is 31.2 Å². The molecule has 1 aliphatic heterocycles. The zero-order valence-electron chi connectivity index (χ0n) is 19.4. The molecule has 6 nitrogen and oxygen atoms in total. The van der Waals surface area contributed by atoms with Gasteiger partial charge in [-0.3, -0.25) is 4.90 Å². The highest BCUT2D eigenvalue weighted by Crippen LogP contribution is 2.36. The van der Waals surface area contributed by atoms with Gasteiger partial charge in [-0.2, -0.15) is 5.10 Å². The largest absolute Gasteiger partial charge is 0.493 e. The number of rotatable bonds is 4. The van der Waals surface area contributed by atoms with Gasteiger partial charge < -0.3 is 9.47 Å². The predicted molar refractivity (Wildman–Crippen MR) is 128 cm³/mol. The van der Waals surface area contributed by atoms with Gasteiger partial charge in [-0.15, -0.1) is 0 Å². The first-order valence-corrected chi connectivity index (χ1v) is 10.7. The fourth-order valence-electron chi connectivity index (χ4n) is 4.01. The number of nitrogens with zero attached hydrogens (tertiary/aromatic N) is 3. The summed E-state index contributed by atoms with van der Waals surface area (Å²) in [5, 5.41) is 5.70. The summed E-state index contributed by atoms with van der Waals surface area (Å²) in [4.78, 5) is 14.8. The number of halogens is 2. The van der Waals surface area contributed by atoms with Gasteiger partial charge in [-0.05, 0) is 48.7 Å². The van der Waals surface area contributed by atoms with Crippen LogP contribution in [0.3, 0.4) is 0 Å². The Hall–Kier alpha value is -3.94. The van der Waals surface area contributed by atoms with Crippen LogP contribution in [0.25, 0.3) is 11.1 Å². The van der Waals surface area contributed by atoms with E-state index in [1.165, 1.54) is 48.5 Å². The van der Waals surface area contributed by atoms with Gasteiger partial charge in [-0.25, -0.2) is 18.6 Å². The van der Waals surface area contributed by atoms with Crippen molar-refractivity contribution in [2.75, 3.05) is 26.2 Å². The van der Waals surface area contributed by atoms with E-state index >= 15 is 0 Å². The number of benzene rings is 3. The summed E-state index contributed by atoms with van der Waals surface area (Å²) in [7, 11) is 4.57. The fraction of sp³-hybridized carbons (Fsp3) is 0.231. The number of hydrogen-bond donors (Lipinski definition) is 0. The highest BCUT2D eigenvalue weighted by Gasteiger charge is 2.30. The van der Waals surface area contributed by atoms with Gasteiger partial charge in [0.05, 0.1) is 26.5 Å². The van der Waals surface area contributed by atoms with Crippen molar-refractivity contribution in [3.05, 3.63) is 77.4 Å². The maximum atomic E-state index is 14.8. The topological polar surface area (TPSA) is 54.4 Å². The number of fused-ring (bicyclic) bond motifs is 1. The monoisotopic (exact) mass is 465 g/mol. The third-order valence-electron chi connectivity index (χ3n) is 5.91. The van der Waals surface area contributed by atoms with E-state index in [9.17, 15) is 13.6 Å². The van der Waals surface area contributed by atoms with Crippen LogP contribution in [0.4, 0.5) is 19.3 Å². The summed E-state index contributed by atoms with van der Waals surface area (Å²) in [5.41, 5.74) is 3.29. The summed E-state index contributed by atoms with van der Waals surface area (Å²) in [6, 6.07) is 14.1. The van der Waals surface area contributed by atoms with Crippen molar-refractivity contribution in [2.24, 2.45) is 5.10 Å². The molecule has 0 N–H and O–H groups in total. The number of anilines is 1. The van der Waals surface area contributed by atoms with Crippen LogP contribution in [-0.2, 0) is 6.42 Å². The summed E-state index contributed by atoms with van der Waals surface area (Å²) < 4.78 is 38.7. The molecular weight excluding hydrogens is 440 g/mol. The van der Waals surface area contributed by atoms with Crippen molar-refractivity contribution in [3.8, 4) is 22.6 Å². The van der Waals surface area contributed by atoms with Crippen molar-refractivity contribution >= 4 is 17.9 Å². The van der Waals surface area contributed by atoms with E-state index in [-0.39, 0.29) is 24.0 Å². The molecule has 34 heavy (non-hydrogen) atoms. The Morgan fingerprint density at radius 1 is 1.03 bits per heavy atom. The molecule has 1 heterocycles. The molecule has 1 atom stereocenters. The Morgan fingerprint density at radius 3 is 2.24 bits per heavy atom. The maximum absolute atomic E-state index is 14.8. The number of ether oxygens (including phenoxy) is 2. The summed E-state index contributed by atoms with van der Waals surface area (Å²) in [6.07, 6.45) is 1.69. The Balaban J connectivity index is 1.59. The van der Waals surface area contributed by atoms with Crippen LogP contribution in [0.5, 0.6) is 11.5 Å². The average molecular weight is 466 g/mol. The highest BCUT2D eigenvalue weighted by molar-refractivity contribution is 5.94. The number of amides is 2. The molecular formula is C26H25F2N3O3. The molecule has 3 aromatic carbocycles. The predicted octanol–water partition coefficient (Wildman–Crippen LogP) is 5.49. The number of methoxy groups -OCH3 is 2. The fourth-order valence-corrected chi connectivity index (χ4v) is 4.01. The van der Waals surface area contributed by atoms with Crippen molar-refractivity contribution in [1.82, 2.24) is 5.01 Å². The standard InChI is InChI=1S/C26H25F2N3O3/c1-16-13-21-22(25(34-4)24(33-3)14-23(21)28)15-29-31(16)26(32)30(2)20-11-7-18(8-12-20)17-5-9-19(27)10-6-17/h5-12,14-16H,13H2,1-4H3. The van der Waals surface area contributed by atoms with E-state index in [4.69, 9.17) is 9.47 Å². The lowest BCUT2D eigenvalue weighted by Crippen LogP contribution is -2.43. The summed E-state index contributed by atoms with van der Waals surface area (Å²) in [6.45, 7) is 1.81. The number of carbonyl (C=O) groups excluding carboxylic acids is 1. The normalized spacial score (nSPS) is 14.9. The molecule has 0 aromatic heterocycles. The van der Waals surface area contributed by atoms with E-state index in [2.05, 4.69) is 5.10 Å². The van der Waals surface area contributed by atoms with Crippen LogP contribution >= 0.6 is 0 Å². The highest BCUT2D eigenvalue weighted by atomic mass is 19.1. The maximum Gasteiger partial charge on any atom is 0.344 e. The molecule has 0 aliphatic carbocycles. The third-order valence-corrected chi connectivity index (χ3v) is 5.91. The molecule has 0 radical (unpaired) electrons. The molecule has 1 unspecified atom stereocenters. The first-order valence-electron chi connectivity index (χ1n) is 10.7. The van der Waals surface area contributed by atoms with Gasteiger partial charge in [-0.1, -0.05) is 24.3 Å². The molecule has 4 rings (SSSR count). The number of hydrazone groups is 1. The van der Waals surface area contributed by atoms with Gasteiger partial charge in [0.15, 0.2) is 11.5 Å². The van der Waals surface area contributed by atoms with Gasteiger partial charge in [0.25, 0.3) is 0 Å². The van der Waals surface area contributed by atoms with Crippen LogP contribution < -0.4 is 14.4 Å². The molecule has 3 aromatic rings. The molecule has 0 fully saturated rings. The van der Waals surface area contributed by atoms with Gasteiger partial charge in [0.1, 0.15) is 11.6 Å². The second-order valence-electron chi connectivity index (χ2n) is 8.02. The molecule has 0 spiro atoms. The number of urea groups is 1. The Morgan fingerprint density at radius 2 is 1.65 bits per heavy atom. The van der Waals surface area contributed by atoms with Crippen LogP contribution in [-0.4, -0.2) is 44.6 Å². The van der Waals surface area contributed by atoms with Gasteiger partial charge in [0.2, 0.25) is 0 Å². The van der Waals surface area contributed by atoms with E-state index in [0.717, 1.165) is 11.1 Å². The molecule has 0 saturated carbocycles. The van der Waals surface area contributed by atoms with E-state index < -0.39 is 11.9 Å². The zero-order valence-corrected chi connectivity index (χ0v) is 19.4. The number of hydrogen-bond acceptors (Lipinski definition) is 4. The quantitative estimate of drug-likeness (QED) is 0.512. The van der Waals surface area contributed by atoms with Crippen molar-refractivity contribution < 1.29 is 23.0 Å². The minimum absolute atomic E-state index is 0.255. The zero-order chi connectivity index (χ0) is 24.4. The molecule has 0 bridgehead atoms. The molecule has 1 aliphatic rings. The number of carbonyl (C=O) groups is 1. The van der Waals surface area contributed by atoms with E-state index in [0.29, 0.717) is 22.6 Å². The summed E-state index contributed by atoms with van der Waals surface area (Å²) >= 11 is 0. The van der Waals surface area contributed by atoms with Gasteiger partial charge in [0, 0.05) is 29.9 Å². The molecule has 0 saturated heterocycles. The van der Waals surface area contributed by atoms with Crippen LogP contribution in [0.15, 0.2) is 59.7 Å². The van der Waals surface area contributed by atoms with Crippen molar-refractivity contribution in [3.63, 3.8) is 0 Å². The minimum atomic E-state index is -0.440. The first kappa shape index (κ1) is 23.2. The van der Waals surface area contributed by atoms with Gasteiger partial charge >= 0.3 is 6.03 Å². The Bertz CT molecular complexity index is 1230. The lowest BCUT2D eigenvalue weighted by Gasteiger charge is -2.28. The Kier molecular flexibility index (Phi) is 6.49. The lowest BCUT2D eigenvalue weighted by atomic mass is 9.99. The second kappa shape index (κ2) is 9.51. The molecule has 8 heteroatoms. The third kappa shape index (κ3) is 4.31. The van der Waals surface area contributed by atoms with Crippen molar-refractivity contribution in [1.29, 1.82) is 0 Å². The SMILES string of the molecule is COc1cc(F)c2c(c1OC)C=NN(C(=O)N(C)c1ccc(-c3ccc(F)cc3)cc1)C(C)C2.